The topological polar surface area (TPSA) is 26.3 Å². The molecule has 23 heavy (non-hydrogen) atoms. The molecule has 1 aliphatic rings. The smallest absolute Gasteiger partial charge is 0.333 e. The number of hydrogen-bond acceptors (Lipinski definition) is 2. The summed E-state index contributed by atoms with van der Waals surface area (Å²) in [6.45, 7) is 8.21. The lowest BCUT2D eigenvalue weighted by atomic mass is 9.80. The van der Waals surface area contributed by atoms with Crippen LogP contribution in [-0.4, -0.2) is 12.6 Å². The fourth-order valence-corrected chi connectivity index (χ4v) is 3.57. The number of unbranched alkanes of at least 4 members (excludes halogenated alkanes) is 7. The first kappa shape index (κ1) is 20.3. The van der Waals surface area contributed by atoms with Crippen LogP contribution in [0, 0.1) is 11.8 Å². The fraction of sp³-hybridized carbons (Fsp3) is 0.857. The maximum atomic E-state index is 11.4. The summed E-state index contributed by atoms with van der Waals surface area (Å²) in [6.07, 6.45) is 17.8. The van der Waals surface area contributed by atoms with Gasteiger partial charge in [0.05, 0.1) is 6.61 Å². The summed E-state index contributed by atoms with van der Waals surface area (Å²) in [7, 11) is 0. The Labute approximate surface area is 144 Å². The van der Waals surface area contributed by atoms with Crippen LogP contribution >= 0.6 is 0 Å². The predicted octanol–water partition coefficient (Wildman–Crippen LogP) is 6.44. The Kier molecular flexibility index (Phi) is 11.1. The Balaban J connectivity index is 1.95. The summed E-state index contributed by atoms with van der Waals surface area (Å²) in [5, 5.41) is 0. The predicted molar refractivity (Wildman–Crippen MR) is 98.4 cm³/mol. The quantitative estimate of drug-likeness (QED) is 0.235. The standard InChI is InChI=1S/C21H38O2/c1-4-5-6-7-8-9-10-11-12-19-13-15-20(16-14-19)17-23-21(22)18(2)3/h19-20H,2,4-17H2,1,3H3. The van der Waals surface area contributed by atoms with Crippen LogP contribution in [0.1, 0.15) is 97.3 Å². The van der Waals surface area contributed by atoms with Crippen molar-refractivity contribution in [3.63, 3.8) is 0 Å². The lowest BCUT2D eigenvalue weighted by Gasteiger charge is -2.28. The number of hydrogen-bond donors (Lipinski definition) is 0. The van der Waals surface area contributed by atoms with E-state index in [0.29, 0.717) is 18.1 Å². The second-order valence-electron chi connectivity index (χ2n) is 7.53. The van der Waals surface area contributed by atoms with E-state index in [1.54, 1.807) is 6.92 Å². The molecule has 1 fully saturated rings. The van der Waals surface area contributed by atoms with Gasteiger partial charge >= 0.3 is 5.97 Å². The maximum Gasteiger partial charge on any atom is 0.333 e. The van der Waals surface area contributed by atoms with Gasteiger partial charge in [0.25, 0.3) is 0 Å². The minimum Gasteiger partial charge on any atom is -0.462 e. The van der Waals surface area contributed by atoms with E-state index >= 15 is 0 Å². The summed E-state index contributed by atoms with van der Waals surface area (Å²) in [5.74, 6) is 1.27. The van der Waals surface area contributed by atoms with Crippen LogP contribution in [0.4, 0.5) is 0 Å². The third-order valence-electron chi connectivity index (χ3n) is 5.23. The SMILES string of the molecule is C=C(C)C(=O)OCC1CCC(CCCCCCCCCC)CC1. The Morgan fingerprint density at radius 3 is 2.00 bits per heavy atom. The van der Waals surface area contributed by atoms with Crippen molar-refractivity contribution >= 4 is 5.97 Å². The summed E-state index contributed by atoms with van der Waals surface area (Å²) in [4.78, 5) is 11.4. The molecular weight excluding hydrogens is 284 g/mol. The highest BCUT2D eigenvalue weighted by atomic mass is 16.5. The zero-order valence-electron chi connectivity index (χ0n) is 15.6. The summed E-state index contributed by atoms with van der Waals surface area (Å²) in [5.41, 5.74) is 0.508. The molecule has 1 aliphatic carbocycles. The second kappa shape index (κ2) is 12.6. The van der Waals surface area contributed by atoms with Crippen LogP contribution in [0.25, 0.3) is 0 Å². The van der Waals surface area contributed by atoms with E-state index in [0.717, 1.165) is 5.92 Å². The molecule has 0 saturated heterocycles. The monoisotopic (exact) mass is 322 g/mol. The fourth-order valence-electron chi connectivity index (χ4n) is 3.57. The molecule has 0 aromatic carbocycles. The molecule has 0 bridgehead atoms. The molecular formula is C21H38O2. The number of rotatable bonds is 12. The third kappa shape index (κ3) is 9.84. The van der Waals surface area contributed by atoms with Crippen LogP contribution in [0.15, 0.2) is 12.2 Å². The first-order valence-corrected chi connectivity index (χ1v) is 9.96. The van der Waals surface area contributed by atoms with Gasteiger partial charge in [0.1, 0.15) is 0 Å². The average Bonchev–Trinajstić information content (AvgIpc) is 2.56. The largest absolute Gasteiger partial charge is 0.462 e. The highest BCUT2D eigenvalue weighted by molar-refractivity contribution is 5.86. The lowest BCUT2D eigenvalue weighted by molar-refractivity contribution is -0.140. The number of ether oxygens (including phenoxy) is 1. The van der Waals surface area contributed by atoms with Gasteiger partial charge in [-0.2, -0.15) is 0 Å². The van der Waals surface area contributed by atoms with Crippen LogP contribution in [-0.2, 0) is 9.53 Å². The van der Waals surface area contributed by atoms with E-state index in [1.807, 2.05) is 0 Å². The van der Waals surface area contributed by atoms with E-state index in [2.05, 4.69) is 13.5 Å². The molecule has 0 aliphatic heterocycles. The van der Waals surface area contributed by atoms with Gasteiger partial charge in [-0.15, -0.1) is 0 Å². The van der Waals surface area contributed by atoms with Crippen molar-refractivity contribution in [2.75, 3.05) is 6.61 Å². The Morgan fingerprint density at radius 2 is 1.43 bits per heavy atom. The van der Waals surface area contributed by atoms with Crippen molar-refractivity contribution in [3.8, 4) is 0 Å². The van der Waals surface area contributed by atoms with Gasteiger partial charge in [0, 0.05) is 5.57 Å². The zero-order valence-corrected chi connectivity index (χ0v) is 15.6. The van der Waals surface area contributed by atoms with Gasteiger partial charge in [-0.05, 0) is 31.6 Å². The van der Waals surface area contributed by atoms with E-state index < -0.39 is 0 Å². The molecule has 0 amide bonds. The van der Waals surface area contributed by atoms with Crippen molar-refractivity contribution in [2.45, 2.75) is 97.3 Å². The van der Waals surface area contributed by atoms with E-state index in [4.69, 9.17) is 4.74 Å². The minimum absolute atomic E-state index is 0.230. The van der Waals surface area contributed by atoms with Crippen LogP contribution in [0.2, 0.25) is 0 Å². The zero-order chi connectivity index (χ0) is 16.9. The van der Waals surface area contributed by atoms with Gasteiger partial charge in [-0.3, -0.25) is 0 Å². The number of carbonyl (C=O) groups is 1. The first-order chi connectivity index (χ1) is 11.1. The van der Waals surface area contributed by atoms with E-state index in [9.17, 15) is 4.79 Å². The van der Waals surface area contributed by atoms with Gasteiger partial charge in [-0.1, -0.05) is 84.1 Å². The molecule has 0 radical (unpaired) electrons. The molecule has 0 spiro atoms. The van der Waals surface area contributed by atoms with E-state index in [1.165, 1.54) is 83.5 Å². The summed E-state index contributed by atoms with van der Waals surface area (Å²) < 4.78 is 5.29. The second-order valence-corrected chi connectivity index (χ2v) is 7.53. The molecule has 0 aromatic heterocycles. The number of esters is 1. The lowest BCUT2D eigenvalue weighted by Crippen LogP contribution is -2.20. The van der Waals surface area contributed by atoms with Crippen LogP contribution in [0.5, 0.6) is 0 Å². The normalized spacial score (nSPS) is 21.1. The first-order valence-electron chi connectivity index (χ1n) is 9.96. The van der Waals surface area contributed by atoms with Crippen molar-refractivity contribution in [1.29, 1.82) is 0 Å². The van der Waals surface area contributed by atoms with Gasteiger partial charge in [-0.25, -0.2) is 4.79 Å². The minimum atomic E-state index is -0.230. The molecule has 2 nitrogen and oxygen atoms in total. The molecule has 2 heteroatoms. The Bertz CT molecular complexity index is 327. The highest BCUT2D eigenvalue weighted by Crippen LogP contribution is 2.32. The van der Waals surface area contributed by atoms with Crippen molar-refractivity contribution in [1.82, 2.24) is 0 Å². The van der Waals surface area contributed by atoms with Crippen LogP contribution < -0.4 is 0 Å². The van der Waals surface area contributed by atoms with Crippen molar-refractivity contribution in [2.24, 2.45) is 11.8 Å². The van der Waals surface area contributed by atoms with Gasteiger partial charge in [0.15, 0.2) is 0 Å². The Hall–Kier alpha value is -0.790. The molecule has 0 unspecified atom stereocenters. The molecule has 0 atom stereocenters. The number of carbonyl (C=O) groups excluding carboxylic acids is 1. The highest BCUT2D eigenvalue weighted by Gasteiger charge is 2.22. The average molecular weight is 323 g/mol. The van der Waals surface area contributed by atoms with Gasteiger partial charge < -0.3 is 4.74 Å². The third-order valence-corrected chi connectivity index (χ3v) is 5.23. The Morgan fingerprint density at radius 1 is 0.913 bits per heavy atom. The summed E-state index contributed by atoms with van der Waals surface area (Å²) >= 11 is 0. The molecule has 0 N–H and O–H groups in total. The molecule has 1 saturated carbocycles. The molecule has 0 aromatic rings. The van der Waals surface area contributed by atoms with Crippen molar-refractivity contribution in [3.05, 3.63) is 12.2 Å². The summed E-state index contributed by atoms with van der Waals surface area (Å²) in [6, 6.07) is 0. The molecule has 134 valence electrons. The van der Waals surface area contributed by atoms with Crippen LogP contribution in [0.3, 0.4) is 0 Å². The molecule has 0 heterocycles. The van der Waals surface area contributed by atoms with E-state index in [-0.39, 0.29) is 5.97 Å². The maximum absolute atomic E-state index is 11.4. The molecule has 1 rings (SSSR count). The van der Waals surface area contributed by atoms with Crippen molar-refractivity contribution < 1.29 is 9.53 Å². The van der Waals surface area contributed by atoms with Gasteiger partial charge in [0.2, 0.25) is 0 Å².